The first-order chi connectivity index (χ1) is 20.9. The molecule has 6 nitrogen and oxygen atoms in total. The highest BCUT2D eigenvalue weighted by Crippen LogP contribution is 2.45. The standard InChI is InChI=1S/C36H22N6/c1-3-11-23(12-4-1)27-19-20-39-36(40-27)42-29-18-10-8-16-26(29)31-33-32(37-21-22-38-33)30-25-15-7-9-17-28(25)41(34(30)35(31)42)24-13-5-2-6-14-24/h1-22H. The Kier molecular flexibility index (Phi) is 4.80. The van der Waals surface area contributed by atoms with E-state index in [9.17, 15) is 0 Å². The van der Waals surface area contributed by atoms with Crippen LogP contribution >= 0.6 is 0 Å². The van der Waals surface area contributed by atoms with Crippen molar-refractivity contribution in [3.05, 3.63) is 134 Å². The van der Waals surface area contributed by atoms with E-state index in [2.05, 4.69) is 94.1 Å². The number of hydrogen-bond acceptors (Lipinski definition) is 4. The van der Waals surface area contributed by atoms with Crippen molar-refractivity contribution in [3.8, 4) is 22.9 Å². The Balaban J connectivity index is 1.57. The summed E-state index contributed by atoms with van der Waals surface area (Å²) in [7, 11) is 0. The second kappa shape index (κ2) is 8.81. The fourth-order valence-corrected chi connectivity index (χ4v) is 6.39. The third-order valence-corrected chi connectivity index (χ3v) is 8.07. The first kappa shape index (κ1) is 22.9. The van der Waals surface area contributed by atoms with Crippen LogP contribution in [0.3, 0.4) is 0 Å². The number of rotatable bonds is 3. The van der Waals surface area contributed by atoms with Crippen LogP contribution in [0.15, 0.2) is 134 Å². The zero-order valence-corrected chi connectivity index (χ0v) is 22.4. The molecular weight excluding hydrogens is 516 g/mol. The van der Waals surface area contributed by atoms with Gasteiger partial charge in [0.1, 0.15) is 0 Å². The highest BCUT2D eigenvalue weighted by atomic mass is 15.2. The number of hydrogen-bond donors (Lipinski definition) is 0. The second-order valence-corrected chi connectivity index (χ2v) is 10.3. The minimum Gasteiger partial charge on any atom is -0.307 e. The van der Waals surface area contributed by atoms with Crippen LogP contribution in [0.4, 0.5) is 0 Å². The van der Waals surface area contributed by atoms with E-state index in [0.29, 0.717) is 5.95 Å². The highest BCUT2D eigenvalue weighted by Gasteiger charge is 2.26. The summed E-state index contributed by atoms with van der Waals surface area (Å²) in [6.45, 7) is 0. The normalized spacial score (nSPS) is 11.8. The maximum atomic E-state index is 5.14. The predicted molar refractivity (Wildman–Crippen MR) is 169 cm³/mol. The molecule has 4 aromatic heterocycles. The lowest BCUT2D eigenvalue weighted by Gasteiger charge is -2.13. The molecule has 4 heterocycles. The maximum absolute atomic E-state index is 5.14. The Morgan fingerprint density at radius 1 is 0.452 bits per heavy atom. The average Bonchev–Trinajstić information content (AvgIpc) is 3.60. The molecule has 0 radical (unpaired) electrons. The fourth-order valence-electron chi connectivity index (χ4n) is 6.39. The Morgan fingerprint density at radius 3 is 1.67 bits per heavy atom. The molecule has 42 heavy (non-hydrogen) atoms. The molecule has 9 rings (SSSR count). The molecule has 0 amide bonds. The summed E-state index contributed by atoms with van der Waals surface area (Å²) >= 11 is 0. The second-order valence-electron chi connectivity index (χ2n) is 10.3. The predicted octanol–water partition coefficient (Wildman–Crippen LogP) is 8.28. The Hall–Kier alpha value is -5.88. The van der Waals surface area contributed by atoms with Crippen LogP contribution < -0.4 is 0 Å². The molecule has 0 spiro atoms. The van der Waals surface area contributed by atoms with Crippen molar-refractivity contribution in [2.45, 2.75) is 0 Å². The van der Waals surface area contributed by atoms with Gasteiger partial charge >= 0.3 is 0 Å². The summed E-state index contributed by atoms with van der Waals surface area (Å²) < 4.78 is 4.55. The van der Waals surface area contributed by atoms with E-state index in [-0.39, 0.29) is 0 Å². The van der Waals surface area contributed by atoms with Crippen molar-refractivity contribution < 1.29 is 0 Å². The van der Waals surface area contributed by atoms with Crippen molar-refractivity contribution in [1.82, 2.24) is 29.1 Å². The molecule has 0 atom stereocenters. The van der Waals surface area contributed by atoms with Gasteiger partial charge in [-0.15, -0.1) is 0 Å². The molecule has 196 valence electrons. The summed E-state index contributed by atoms with van der Waals surface area (Å²) in [4.78, 5) is 19.9. The molecule has 0 aliphatic carbocycles. The van der Waals surface area contributed by atoms with E-state index in [1.165, 1.54) is 0 Å². The van der Waals surface area contributed by atoms with E-state index >= 15 is 0 Å². The lowest BCUT2D eigenvalue weighted by atomic mass is 10.1. The van der Waals surface area contributed by atoms with Gasteiger partial charge in [-0.3, -0.25) is 14.5 Å². The van der Waals surface area contributed by atoms with E-state index in [1.807, 2.05) is 36.5 Å². The monoisotopic (exact) mass is 538 g/mol. The van der Waals surface area contributed by atoms with Crippen LogP contribution in [0, 0.1) is 0 Å². The molecule has 0 aliphatic rings. The van der Waals surface area contributed by atoms with Gasteiger partial charge < -0.3 is 4.57 Å². The van der Waals surface area contributed by atoms with Crippen LogP contribution in [-0.2, 0) is 0 Å². The number of fused-ring (bicyclic) bond motifs is 10. The summed E-state index contributed by atoms with van der Waals surface area (Å²) in [6, 6.07) is 39.7. The molecule has 0 unspecified atom stereocenters. The van der Waals surface area contributed by atoms with Crippen LogP contribution in [0.25, 0.3) is 77.5 Å². The summed E-state index contributed by atoms with van der Waals surface area (Å²) in [5.74, 6) is 0.608. The Labute approximate surface area is 240 Å². The van der Waals surface area contributed by atoms with Gasteiger partial charge in [0.2, 0.25) is 5.95 Å². The zero-order chi connectivity index (χ0) is 27.6. The van der Waals surface area contributed by atoms with E-state index in [4.69, 9.17) is 19.9 Å². The molecule has 0 fully saturated rings. The van der Waals surface area contributed by atoms with Crippen molar-refractivity contribution >= 4 is 54.6 Å². The van der Waals surface area contributed by atoms with Gasteiger partial charge in [-0.1, -0.05) is 84.9 Å². The van der Waals surface area contributed by atoms with Gasteiger partial charge in [-0.2, -0.15) is 0 Å². The molecule has 6 heteroatoms. The Bertz CT molecular complexity index is 2460. The van der Waals surface area contributed by atoms with Crippen LogP contribution in [0.1, 0.15) is 0 Å². The minimum absolute atomic E-state index is 0.608. The SMILES string of the molecule is c1ccc(-c2ccnc(-n3c4ccccc4c4c5nccnc5c5c6ccccc6n(-c6ccccc6)c5c43)n2)cc1. The van der Waals surface area contributed by atoms with Crippen molar-refractivity contribution in [1.29, 1.82) is 0 Å². The molecule has 0 bridgehead atoms. The first-order valence-corrected chi connectivity index (χ1v) is 13.9. The number of benzene rings is 5. The van der Waals surface area contributed by atoms with Gasteiger partial charge in [0.05, 0.1) is 38.8 Å². The number of aromatic nitrogens is 6. The highest BCUT2D eigenvalue weighted by molar-refractivity contribution is 6.34. The van der Waals surface area contributed by atoms with Crippen LogP contribution in [-0.4, -0.2) is 29.1 Å². The lowest BCUT2D eigenvalue weighted by molar-refractivity contribution is 0.991. The quantitative estimate of drug-likeness (QED) is 0.227. The van der Waals surface area contributed by atoms with Crippen LogP contribution in [0.2, 0.25) is 0 Å². The third kappa shape index (κ3) is 3.14. The topological polar surface area (TPSA) is 61.4 Å². The first-order valence-electron chi connectivity index (χ1n) is 13.9. The van der Waals surface area contributed by atoms with Crippen molar-refractivity contribution in [2.24, 2.45) is 0 Å². The summed E-state index contributed by atoms with van der Waals surface area (Å²) in [6.07, 6.45) is 5.41. The molecule has 0 saturated carbocycles. The molecule has 5 aromatic carbocycles. The van der Waals surface area contributed by atoms with Gasteiger partial charge in [-0.05, 0) is 30.3 Å². The van der Waals surface area contributed by atoms with Crippen molar-refractivity contribution in [2.75, 3.05) is 0 Å². The third-order valence-electron chi connectivity index (χ3n) is 8.07. The molecule has 0 N–H and O–H groups in total. The molecular formula is C36H22N6. The van der Waals surface area contributed by atoms with Gasteiger partial charge in [0, 0.05) is 51.4 Å². The number of para-hydroxylation sites is 3. The van der Waals surface area contributed by atoms with Crippen LogP contribution in [0.5, 0.6) is 0 Å². The Morgan fingerprint density at radius 2 is 1.00 bits per heavy atom. The van der Waals surface area contributed by atoms with E-state index in [1.54, 1.807) is 12.4 Å². The molecule has 9 aromatic rings. The molecule has 0 aliphatic heterocycles. The lowest BCUT2D eigenvalue weighted by Crippen LogP contribution is -2.04. The van der Waals surface area contributed by atoms with E-state index < -0.39 is 0 Å². The average molecular weight is 539 g/mol. The zero-order valence-electron chi connectivity index (χ0n) is 22.4. The van der Waals surface area contributed by atoms with Gasteiger partial charge in [0.25, 0.3) is 0 Å². The van der Waals surface area contributed by atoms with Gasteiger partial charge in [0.15, 0.2) is 0 Å². The number of nitrogens with zero attached hydrogens (tertiary/aromatic N) is 6. The molecule has 0 saturated heterocycles. The van der Waals surface area contributed by atoms with Gasteiger partial charge in [-0.25, -0.2) is 9.97 Å². The summed E-state index contributed by atoms with van der Waals surface area (Å²) in [5, 5.41) is 4.31. The summed E-state index contributed by atoms with van der Waals surface area (Å²) in [5.41, 5.74) is 8.91. The van der Waals surface area contributed by atoms with E-state index in [0.717, 1.165) is 71.6 Å². The largest absolute Gasteiger partial charge is 0.307 e. The smallest absolute Gasteiger partial charge is 0.235 e. The van der Waals surface area contributed by atoms with Crippen molar-refractivity contribution in [3.63, 3.8) is 0 Å². The fraction of sp³-hybridized carbons (Fsp3) is 0. The minimum atomic E-state index is 0.608. The maximum Gasteiger partial charge on any atom is 0.235 e.